The maximum Gasteiger partial charge on any atom is 0.325 e. The molecule has 0 bridgehead atoms. The van der Waals surface area contributed by atoms with E-state index in [0.717, 1.165) is 27.6 Å². The van der Waals surface area contributed by atoms with E-state index in [1.807, 2.05) is 24.3 Å². The highest BCUT2D eigenvalue weighted by atomic mass is 32.2. The number of fused-ring (bicyclic) bond motifs is 2. The molecule has 1 aromatic heterocycles. The number of amides is 3. The minimum Gasteiger partial charge on any atom is -0.468 e. The average Bonchev–Trinajstić information content (AvgIpc) is 3.52. The topological polar surface area (TPSA) is 116 Å². The predicted molar refractivity (Wildman–Crippen MR) is 128 cm³/mol. The lowest BCUT2D eigenvalue weighted by Crippen LogP contribution is -2.34. The van der Waals surface area contributed by atoms with E-state index in [9.17, 15) is 19.2 Å². The molecule has 2 aliphatic heterocycles. The van der Waals surface area contributed by atoms with E-state index >= 15 is 0 Å². The molecule has 0 unspecified atom stereocenters. The molecule has 3 aromatic rings. The monoisotopic (exact) mass is 493 g/mol. The average molecular weight is 493 g/mol. The first kappa shape index (κ1) is 22.5. The first-order chi connectivity index (χ1) is 16.9. The van der Waals surface area contributed by atoms with Crippen LogP contribution in [0.2, 0.25) is 0 Å². The second-order valence-corrected chi connectivity index (χ2v) is 8.68. The van der Waals surface area contributed by atoms with Crippen LogP contribution in [0.15, 0.2) is 53.6 Å². The SMILES string of the molecule is COC(=O)CN1C(=O)S/C(=C\c2cn(CC(=O)Nc3ccc4c(c3)OCO4)c3ccccc23)C1=O. The summed E-state index contributed by atoms with van der Waals surface area (Å²) >= 11 is 0.752. The summed E-state index contributed by atoms with van der Waals surface area (Å²) in [5.74, 6) is -0.311. The molecule has 10 nitrogen and oxygen atoms in total. The molecular formula is C24H19N3O7S. The van der Waals surface area contributed by atoms with Crippen LogP contribution in [-0.2, 0) is 25.7 Å². The predicted octanol–water partition coefficient (Wildman–Crippen LogP) is 3.22. The first-order valence-corrected chi connectivity index (χ1v) is 11.3. The van der Waals surface area contributed by atoms with Crippen LogP contribution in [0, 0.1) is 0 Å². The third kappa shape index (κ3) is 4.45. The number of imide groups is 1. The van der Waals surface area contributed by atoms with E-state index in [2.05, 4.69) is 10.1 Å². The number of benzene rings is 2. The van der Waals surface area contributed by atoms with E-state index in [-0.39, 0.29) is 24.2 Å². The Bertz CT molecular complexity index is 1410. The van der Waals surface area contributed by atoms with Gasteiger partial charge in [0.25, 0.3) is 11.1 Å². The lowest BCUT2D eigenvalue weighted by atomic mass is 10.1. The molecule has 1 N–H and O–H groups in total. The van der Waals surface area contributed by atoms with Gasteiger partial charge < -0.3 is 24.1 Å². The molecule has 0 aliphatic carbocycles. The van der Waals surface area contributed by atoms with Crippen LogP contribution in [0.5, 0.6) is 11.5 Å². The molecule has 1 fully saturated rings. The Morgan fingerprint density at radius 2 is 1.91 bits per heavy atom. The fraction of sp³-hybridized carbons (Fsp3) is 0.167. The van der Waals surface area contributed by atoms with Crippen LogP contribution >= 0.6 is 11.8 Å². The fourth-order valence-corrected chi connectivity index (χ4v) is 4.65. The van der Waals surface area contributed by atoms with Crippen LogP contribution < -0.4 is 14.8 Å². The normalized spacial score (nSPS) is 15.8. The van der Waals surface area contributed by atoms with Crippen LogP contribution in [0.25, 0.3) is 17.0 Å². The lowest BCUT2D eigenvalue weighted by Gasteiger charge is -2.09. The number of hydrogen-bond acceptors (Lipinski definition) is 8. The van der Waals surface area contributed by atoms with Gasteiger partial charge in [-0.3, -0.25) is 24.1 Å². The zero-order chi connectivity index (χ0) is 24.5. The lowest BCUT2D eigenvalue weighted by molar-refractivity contribution is -0.143. The van der Waals surface area contributed by atoms with Gasteiger partial charge in [0.05, 0.1) is 12.0 Å². The van der Waals surface area contributed by atoms with Gasteiger partial charge in [-0.05, 0) is 36.0 Å². The Labute approximate surface area is 203 Å². The second-order valence-electron chi connectivity index (χ2n) is 7.69. The summed E-state index contributed by atoms with van der Waals surface area (Å²) in [6, 6.07) is 12.6. The van der Waals surface area contributed by atoms with Gasteiger partial charge >= 0.3 is 5.97 Å². The number of nitrogens with zero attached hydrogens (tertiary/aromatic N) is 2. The number of carbonyl (C=O) groups excluding carboxylic acids is 4. The Hall–Kier alpha value is -4.25. The molecule has 0 spiro atoms. The van der Waals surface area contributed by atoms with E-state index in [1.165, 1.54) is 7.11 Å². The van der Waals surface area contributed by atoms with Crippen molar-refractivity contribution in [2.45, 2.75) is 6.54 Å². The van der Waals surface area contributed by atoms with Gasteiger partial charge in [-0.25, -0.2) is 0 Å². The molecule has 0 atom stereocenters. The minimum atomic E-state index is -0.682. The molecular weight excluding hydrogens is 474 g/mol. The summed E-state index contributed by atoms with van der Waals surface area (Å²) in [5.41, 5.74) is 2.03. The number of para-hydroxylation sites is 1. The Balaban J connectivity index is 1.38. The Morgan fingerprint density at radius 1 is 1.11 bits per heavy atom. The molecule has 2 aromatic carbocycles. The number of nitrogens with one attached hydrogen (secondary N) is 1. The van der Waals surface area contributed by atoms with Crippen LogP contribution in [0.4, 0.5) is 10.5 Å². The van der Waals surface area contributed by atoms with Gasteiger partial charge in [-0.2, -0.15) is 0 Å². The molecule has 3 heterocycles. The Morgan fingerprint density at radius 3 is 2.74 bits per heavy atom. The Kier molecular flexibility index (Phi) is 5.91. The summed E-state index contributed by atoms with van der Waals surface area (Å²) in [6.07, 6.45) is 3.34. The quantitative estimate of drug-likeness (QED) is 0.411. The minimum absolute atomic E-state index is 0.0205. The van der Waals surface area contributed by atoms with E-state index in [0.29, 0.717) is 22.7 Å². The first-order valence-electron chi connectivity index (χ1n) is 10.5. The smallest absolute Gasteiger partial charge is 0.325 e. The van der Waals surface area contributed by atoms with Crippen molar-refractivity contribution < 1.29 is 33.4 Å². The molecule has 2 aliphatic rings. The van der Waals surface area contributed by atoms with E-state index in [1.54, 1.807) is 35.0 Å². The molecule has 178 valence electrons. The molecule has 35 heavy (non-hydrogen) atoms. The van der Waals surface area contributed by atoms with Gasteiger partial charge in [0, 0.05) is 34.4 Å². The second kappa shape index (κ2) is 9.18. The third-order valence-corrected chi connectivity index (χ3v) is 6.37. The molecule has 0 saturated carbocycles. The van der Waals surface area contributed by atoms with Crippen molar-refractivity contribution in [2.75, 3.05) is 25.8 Å². The van der Waals surface area contributed by atoms with Crippen LogP contribution in [-0.4, -0.2) is 52.9 Å². The van der Waals surface area contributed by atoms with Gasteiger partial charge in [0.2, 0.25) is 12.7 Å². The van der Waals surface area contributed by atoms with E-state index < -0.39 is 23.7 Å². The van der Waals surface area contributed by atoms with Gasteiger partial charge in [0.15, 0.2) is 11.5 Å². The van der Waals surface area contributed by atoms with Gasteiger partial charge in [-0.15, -0.1) is 0 Å². The maximum atomic E-state index is 12.8. The van der Waals surface area contributed by atoms with Crippen molar-refractivity contribution in [3.05, 3.63) is 59.1 Å². The number of methoxy groups -OCH3 is 1. The molecule has 5 rings (SSSR count). The van der Waals surface area contributed by atoms with Crippen molar-refractivity contribution in [2.24, 2.45) is 0 Å². The zero-order valence-corrected chi connectivity index (χ0v) is 19.3. The number of ether oxygens (including phenoxy) is 3. The molecule has 0 radical (unpaired) electrons. The van der Waals surface area contributed by atoms with Crippen molar-refractivity contribution in [3.63, 3.8) is 0 Å². The van der Waals surface area contributed by atoms with Gasteiger partial charge in [0.1, 0.15) is 13.1 Å². The summed E-state index contributed by atoms with van der Waals surface area (Å²) in [5, 5.41) is 3.11. The molecule has 11 heteroatoms. The highest BCUT2D eigenvalue weighted by Gasteiger charge is 2.36. The molecule has 1 saturated heterocycles. The third-order valence-electron chi connectivity index (χ3n) is 5.46. The number of aromatic nitrogens is 1. The van der Waals surface area contributed by atoms with Gasteiger partial charge in [-0.1, -0.05) is 18.2 Å². The zero-order valence-electron chi connectivity index (χ0n) is 18.5. The van der Waals surface area contributed by atoms with Crippen molar-refractivity contribution >= 4 is 57.5 Å². The van der Waals surface area contributed by atoms with Crippen LogP contribution in [0.1, 0.15) is 5.56 Å². The maximum absolute atomic E-state index is 12.8. The summed E-state index contributed by atoms with van der Waals surface area (Å²) < 4.78 is 17.0. The number of rotatable bonds is 6. The van der Waals surface area contributed by atoms with Crippen molar-refractivity contribution in [1.29, 1.82) is 0 Å². The van der Waals surface area contributed by atoms with Crippen molar-refractivity contribution in [3.8, 4) is 11.5 Å². The number of carbonyl (C=O) groups is 4. The number of hydrogen-bond donors (Lipinski definition) is 1. The largest absolute Gasteiger partial charge is 0.468 e. The number of thioether (sulfide) groups is 1. The summed E-state index contributed by atoms with van der Waals surface area (Å²) in [7, 11) is 1.19. The number of anilines is 1. The standard InChI is InChI=1S/C24H19N3O7S/c1-32-22(29)12-27-23(30)20(35-24(27)31)8-14-10-26(17-5-3-2-4-16(14)17)11-21(28)25-15-6-7-18-19(9-15)34-13-33-18/h2-10H,11-13H2,1H3,(H,25,28)/b20-8-. The highest BCUT2D eigenvalue weighted by molar-refractivity contribution is 8.18. The van der Waals surface area contributed by atoms with Crippen molar-refractivity contribution in [1.82, 2.24) is 9.47 Å². The summed E-state index contributed by atoms with van der Waals surface area (Å²) in [4.78, 5) is 50.3. The highest BCUT2D eigenvalue weighted by Crippen LogP contribution is 2.35. The summed E-state index contributed by atoms with van der Waals surface area (Å²) in [6.45, 7) is -0.278. The molecule has 3 amide bonds. The fourth-order valence-electron chi connectivity index (χ4n) is 3.82. The number of esters is 1. The van der Waals surface area contributed by atoms with E-state index in [4.69, 9.17) is 9.47 Å². The van der Waals surface area contributed by atoms with Crippen LogP contribution in [0.3, 0.4) is 0 Å².